The summed E-state index contributed by atoms with van der Waals surface area (Å²) in [5, 5.41) is 0. The van der Waals surface area contributed by atoms with Crippen molar-refractivity contribution in [1.29, 1.82) is 0 Å². The smallest absolute Gasteiger partial charge is 0.329 e. The molecule has 2 rings (SSSR count). The van der Waals surface area contributed by atoms with E-state index in [-0.39, 0.29) is 0 Å². The Balaban J connectivity index is 2.83. The number of rotatable bonds is 3. The predicted molar refractivity (Wildman–Crippen MR) is 64.9 cm³/mol. The van der Waals surface area contributed by atoms with E-state index in [1.807, 2.05) is 0 Å². The number of imidazole rings is 1. The molecule has 0 radical (unpaired) electrons. The van der Waals surface area contributed by atoms with Gasteiger partial charge in [0.2, 0.25) is 0 Å². The number of hydrogen-bond acceptors (Lipinski definition) is 4. The van der Waals surface area contributed by atoms with Gasteiger partial charge in [-0.25, -0.2) is 4.79 Å². The van der Waals surface area contributed by atoms with Crippen molar-refractivity contribution in [2.45, 2.75) is 6.54 Å². The van der Waals surface area contributed by atoms with Gasteiger partial charge in [-0.15, -0.1) is 0 Å². The number of ether oxygens (including phenoxy) is 1. The van der Waals surface area contributed by atoms with Gasteiger partial charge in [0, 0.05) is 20.7 Å². The van der Waals surface area contributed by atoms with Crippen LogP contribution in [0.3, 0.4) is 0 Å². The number of hydrogen-bond donors (Lipinski definition) is 2. The SMILES string of the molecule is COCCn1c(=S)[nH]c2c1c(=O)[nH]c(=O)n2C. The van der Waals surface area contributed by atoms with E-state index in [0.29, 0.717) is 29.1 Å². The standard InChI is InChI=1S/C9H12N4O3S/c1-12-6-5(7(14)11-8(12)15)13(3-4-16-2)9(17)10-6/h3-4H2,1-2H3,(H,10,17)(H,11,14,15). The highest BCUT2D eigenvalue weighted by Gasteiger charge is 2.11. The van der Waals surface area contributed by atoms with Gasteiger partial charge in [-0.3, -0.25) is 14.3 Å². The Labute approximate surface area is 101 Å². The number of aryl methyl sites for hydroxylation is 1. The van der Waals surface area contributed by atoms with Crippen LogP contribution in [-0.4, -0.2) is 32.8 Å². The molecule has 0 aliphatic rings. The van der Waals surface area contributed by atoms with E-state index in [1.54, 1.807) is 18.7 Å². The molecule has 0 aliphatic carbocycles. The summed E-state index contributed by atoms with van der Waals surface area (Å²) in [6.45, 7) is 0.889. The summed E-state index contributed by atoms with van der Waals surface area (Å²) in [7, 11) is 3.13. The quantitative estimate of drug-likeness (QED) is 0.740. The van der Waals surface area contributed by atoms with E-state index in [4.69, 9.17) is 17.0 Å². The first kappa shape index (κ1) is 11.8. The second kappa shape index (κ2) is 4.30. The van der Waals surface area contributed by atoms with Gasteiger partial charge in [-0.2, -0.15) is 0 Å². The van der Waals surface area contributed by atoms with Gasteiger partial charge in [-0.1, -0.05) is 0 Å². The lowest BCUT2D eigenvalue weighted by Gasteiger charge is -2.03. The predicted octanol–water partition coefficient (Wildman–Crippen LogP) is -0.268. The lowest BCUT2D eigenvalue weighted by Crippen LogP contribution is -2.29. The molecule has 2 aromatic heterocycles. The molecule has 2 heterocycles. The van der Waals surface area contributed by atoms with E-state index in [9.17, 15) is 9.59 Å². The summed E-state index contributed by atoms with van der Waals surface area (Å²) in [6.07, 6.45) is 0. The van der Waals surface area contributed by atoms with Crippen molar-refractivity contribution < 1.29 is 4.74 Å². The second-order valence-corrected chi connectivity index (χ2v) is 3.98. The molecule has 92 valence electrons. The summed E-state index contributed by atoms with van der Waals surface area (Å²) in [4.78, 5) is 28.2. The number of fused-ring (bicyclic) bond motifs is 1. The minimum atomic E-state index is -0.474. The van der Waals surface area contributed by atoms with Crippen molar-refractivity contribution in [1.82, 2.24) is 19.1 Å². The van der Waals surface area contributed by atoms with Crippen LogP contribution >= 0.6 is 12.2 Å². The third kappa shape index (κ3) is 1.85. The maximum Gasteiger partial charge on any atom is 0.329 e. The maximum atomic E-state index is 11.8. The van der Waals surface area contributed by atoms with Crippen molar-refractivity contribution in [3.05, 3.63) is 25.6 Å². The van der Waals surface area contributed by atoms with Crippen molar-refractivity contribution in [3.63, 3.8) is 0 Å². The molecule has 2 aromatic rings. The van der Waals surface area contributed by atoms with E-state index >= 15 is 0 Å². The van der Waals surface area contributed by atoms with Crippen molar-refractivity contribution in [2.24, 2.45) is 7.05 Å². The molecule has 0 aromatic carbocycles. The topological polar surface area (TPSA) is 84.8 Å². The van der Waals surface area contributed by atoms with Gasteiger partial charge in [0.1, 0.15) is 5.65 Å². The van der Waals surface area contributed by atoms with Crippen LogP contribution in [0.15, 0.2) is 9.59 Å². The molecule has 0 fully saturated rings. The fourth-order valence-corrected chi connectivity index (χ4v) is 1.95. The minimum absolute atomic E-state index is 0.356. The van der Waals surface area contributed by atoms with Gasteiger partial charge >= 0.3 is 5.69 Å². The van der Waals surface area contributed by atoms with Crippen LogP contribution in [-0.2, 0) is 18.3 Å². The highest BCUT2D eigenvalue weighted by Crippen LogP contribution is 2.06. The number of H-pyrrole nitrogens is 2. The molecule has 2 N–H and O–H groups in total. The summed E-state index contributed by atoms with van der Waals surface area (Å²) >= 11 is 5.11. The summed E-state index contributed by atoms with van der Waals surface area (Å²) in [6, 6.07) is 0. The first-order valence-electron chi connectivity index (χ1n) is 4.97. The molecular weight excluding hydrogens is 244 g/mol. The molecule has 0 bridgehead atoms. The molecule has 7 nitrogen and oxygen atoms in total. The first-order valence-corrected chi connectivity index (χ1v) is 5.38. The fraction of sp³-hybridized carbons (Fsp3) is 0.444. The summed E-state index contributed by atoms with van der Waals surface area (Å²) < 4.78 is 8.28. The van der Waals surface area contributed by atoms with E-state index < -0.39 is 11.2 Å². The lowest BCUT2D eigenvalue weighted by molar-refractivity contribution is 0.188. The van der Waals surface area contributed by atoms with Crippen molar-refractivity contribution in [3.8, 4) is 0 Å². The third-order valence-corrected chi connectivity index (χ3v) is 2.88. The van der Waals surface area contributed by atoms with Crippen LogP contribution in [0, 0.1) is 4.77 Å². The first-order chi connectivity index (χ1) is 8.06. The summed E-state index contributed by atoms with van der Waals surface area (Å²) in [5.74, 6) is 0. The molecule has 0 aliphatic heterocycles. The van der Waals surface area contributed by atoms with Crippen LogP contribution in [0.4, 0.5) is 0 Å². The van der Waals surface area contributed by atoms with Crippen LogP contribution in [0.1, 0.15) is 0 Å². The fourth-order valence-electron chi connectivity index (χ4n) is 1.67. The van der Waals surface area contributed by atoms with E-state index in [1.165, 1.54) is 4.57 Å². The zero-order valence-electron chi connectivity index (χ0n) is 9.44. The Bertz CT molecular complexity index is 720. The molecular formula is C9H12N4O3S. The Morgan fingerprint density at radius 2 is 2.06 bits per heavy atom. The highest BCUT2D eigenvalue weighted by atomic mass is 32.1. The zero-order chi connectivity index (χ0) is 12.6. The Morgan fingerprint density at radius 1 is 1.35 bits per heavy atom. The third-order valence-electron chi connectivity index (χ3n) is 2.56. The Morgan fingerprint density at radius 3 is 2.71 bits per heavy atom. The number of nitrogens with zero attached hydrogens (tertiary/aromatic N) is 2. The average molecular weight is 256 g/mol. The number of methoxy groups -OCH3 is 1. The minimum Gasteiger partial charge on any atom is -0.383 e. The molecule has 0 atom stereocenters. The number of aromatic amines is 2. The van der Waals surface area contributed by atoms with Crippen LogP contribution in [0.25, 0.3) is 11.2 Å². The second-order valence-electron chi connectivity index (χ2n) is 3.59. The van der Waals surface area contributed by atoms with E-state index in [2.05, 4.69) is 9.97 Å². The van der Waals surface area contributed by atoms with Gasteiger partial charge < -0.3 is 14.3 Å². The lowest BCUT2D eigenvalue weighted by atomic mass is 10.5. The van der Waals surface area contributed by atoms with E-state index in [0.717, 1.165) is 0 Å². The molecule has 0 amide bonds. The highest BCUT2D eigenvalue weighted by molar-refractivity contribution is 7.71. The van der Waals surface area contributed by atoms with Crippen LogP contribution < -0.4 is 11.2 Å². The van der Waals surface area contributed by atoms with Crippen molar-refractivity contribution in [2.75, 3.05) is 13.7 Å². The zero-order valence-corrected chi connectivity index (χ0v) is 10.3. The van der Waals surface area contributed by atoms with Crippen LogP contribution in [0.5, 0.6) is 0 Å². The molecule has 0 unspecified atom stereocenters. The largest absolute Gasteiger partial charge is 0.383 e. The van der Waals surface area contributed by atoms with Gasteiger partial charge in [-0.05, 0) is 12.2 Å². The van der Waals surface area contributed by atoms with Gasteiger partial charge in [0.25, 0.3) is 5.56 Å². The molecule has 0 saturated heterocycles. The Kier molecular flexibility index (Phi) is 2.99. The van der Waals surface area contributed by atoms with Gasteiger partial charge in [0.15, 0.2) is 10.3 Å². The number of aromatic nitrogens is 4. The summed E-state index contributed by atoms with van der Waals surface area (Å²) in [5.41, 5.74) is -0.154. The normalized spacial score (nSPS) is 11.2. The maximum absolute atomic E-state index is 11.8. The Hall–Kier alpha value is -1.67. The molecule has 0 saturated carbocycles. The molecule has 0 spiro atoms. The van der Waals surface area contributed by atoms with Crippen molar-refractivity contribution >= 4 is 23.4 Å². The van der Waals surface area contributed by atoms with Crippen LogP contribution in [0.2, 0.25) is 0 Å². The number of nitrogens with one attached hydrogen (secondary N) is 2. The molecule has 8 heteroatoms. The average Bonchev–Trinajstić information content (AvgIpc) is 2.61. The van der Waals surface area contributed by atoms with Gasteiger partial charge in [0.05, 0.1) is 6.61 Å². The monoisotopic (exact) mass is 256 g/mol. The molecule has 17 heavy (non-hydrogen) atoms.